The molecule has 0 saturated heterocycles. The number of ether oxygens (including phenoxy) is 6. The molecule has 5 rings (SSSR count). The van der Waals surface area contributed by atoms with Gasteiger partial charge in [-0.3, -0.25) is 19.5 Å². The summed E-state index contributed by atoms with van der Waals surface area (Å²) in [7, 11) is 1.26. The van der Waals surface area contributed by atoms with Crippen molar-refractivity contribution in [2.75, 3.05) is 33.5 Å². The van der Waals surface area contributed by atoms with Crippen LogP contribution in [0.25, 0.3) is 6.08 Å². The molecule has 1 atom stereocenters. The number of carbonyl (C=O) groups is 2. The van der Waals surface area contributed by atoms with Crippen molar-refractivity contribution in [2.24, 2.45) is 4.99 Å². The lowest BCUT2D eigenvalue weighted by Crippen LogP contribution is -2.40. The Balaban J connectivity index is 1.58. The number of non-ortho nitro benzene ring substituents is 1. The van der Waals surface area contributed by atoms with E-state index in [1.54, 1.807) is 63.2 Å². The number of hydrogen-bond donors (Lipinski definition) is 0. The molecule has 0 N–H and O–H groups in total. The van der Waals surface area contributed by atoms with E-state index in [2.05, 4.69) is 32.3 Å². The molecule has 0 radical (unpaired) electrons. The second kappa shape index (κ2) is 17.5. The molecule has 14 nitrogen and oxygen atoms in total. The van der Waals surface area contributed by atoms with E-state index < -0.39 is 28.5 Å². The van der Waals surface area contributed by atoms with Crippen LogP contribution in [0.15, 0.2) is 75.7 Å². The average Bonchev–Trinajstić information content (AvgIpc) is 3.43. The number of nitrogens with zero attached hydrogens (tertiary/aromatic N) is 3. The van der Waals surface area contributed by atoms with Crippen LogP contribution in [0.3, 0.4) is 0 Å². The van der Waals surface area contributed by atoms with Crippen molar-refractivity contribution in [2.45, 2.75) is 40.3 Å². The predicted octanol–water partition coefficient (Wildman–Crippen LogP) is 5.24. The topological polar surface area (TPSA) is 167 Å². The zero-order valence-corrected chi connectivity index (χ0v) is 32.5. The number of nitro benzene ring substituents is 1. The minimum absolute atomic E-state index is 0.0362. The van der Waals surface area contributed by atoms with Crippen molar-refractivity contribution in [1.29, 1.82) is 0 Å². The van der Waals surface area contributed by atoms with Gasteiger partial charge in [-0.2, -0.15) is 0 Å². The summed E-state index contributed by atoms with van der Waals surface area (Å²) in [5, 5.41) is 11.2. The molecule has 1 aromatic heterocycles. The zero-order chi connectivity index (χ0) is 38.2. The van der Waals surface area contributed by atoms with Crippen LogP contribution in [-0.4, -0.2) is 55.0 Å². The van der Waals surface area contributed by atoms with Crippen LogP contribution in [0.5, 0.6) is 23.0 Å². The lowest BCUT2D eigenvalue weighted by Gasteiger charge is -2.25. The van der Waals surface area contributed by atoms with Crippen molar-refractivity contribution < 1.29 is 42.9 Å². The summed E-state index contributed by atoms with van der Waals surface area (Å²) in [6.45, 7) is 7.47. The van der Waals surface area contributed by atoms with Crippen LogP contribution in [0.4, 0.5) is 5.69 Å². The van der Waals surface area contributed by atoms with Crippen LogP contribution >= 0.6 is 33.9 Å². The molecular formula is C37H36IN3O11S. The Bertz CT molecular complexity index is 2260. The van der Waals surface area contributed by atoms with Crippen molar-refractivity contribution in [3.63, 3.8) is 0 Å². The fourth-order valence-electron chi connectivity index (χ4n) is 5.53. The standard InChI is InChI=1S/C37H36IN3O11S/c1-6-48-28-18-24(12-13-27(28)51-20-31(42)47-5)33-32(36(44)50-8-3)21(4)39-37-40(33)35(43)30(53-37)17-23-15-26(38)34(29(16-23)49-7-2)52-19-22-10-9-11-25(14-22)41(45)46/h9-18,33H,6-8,19-20H2,1-5H3/b30-17-/t33-/m0/s1. The first-order chi connectivity index (χ1) is 25.5. The molecule has 3 aromatic carbocycles. The zero-order valence-electron chi connectivity index (χ0n) is 29.5. The highest BCUT2D eigenvalue weighted by atomic mass is 127. The molecule has 0 spiro atoms. The lowest BCUT2D eigenvalue weighted by molar-refractivity contribution is -0.384. The average molecular weight is 858 g/mol. The molecule has 2 heterocycles. The van der Waals surface area contributed by atoms with Gasteiger partial charge in [0.2, 0.25) is 0 Å². The maximum Gasteiger partial charge on any atom is 0.343 e. The number of halogens is 1. The summed E-state index contributed by atoms with van der Waals surface area (Å²) in [4.78, 5) is 55.3. The highest BCUT2D eigenvalue weighted by molar-refractivity contribution is 14.1. The number of nitro groups is 1. The minimum Gasteiger partial charge on any atom is -0.490 e. The molecule has 0 saturated carbocycles. The third kappa shape index (κ3) is 8.88. The molecule has 53 heavy (non-hydrogen) atoms. The number of fused-ring (bicyclic) bond motifs is 1. The SMILES string of the molecule is CCOC(=O)C1=C(C)N=c2s/c(=C\c3cc(I)c(OCc4cccc([N+](=O)[O-])c4)c(OCC)c3)c(=O)n2[C@H]1c1ccc(OCC(=O)OC)c(OCC)c1. The van der Waals surface area contributed by atoms with Gasteiger partial charge in [0.05, 0.1) is 57.3 Å². The first kappa shape index (κ1) is 39.0. The second-order valence-corrected chi connectivity index (χ2v) is 13.5. The maximum absolute atomic E-state index is 14.3. The molecule has 0 fully saturated rings. The van der Waals surface area contributed by atoms with E-state index in [-0.39, 0.29) is 43.4 Å². The summed E-state index contributed by atoms with van der Waals surface area (Å²) in [5.41, 5.74) is 1.95. The summed E-state index contributed by atoms with van der Waals surface area (Å²) >= 11 is 3.28. The number of aromatic nitrogens is 1. The molecule has 0 aliphatic carbocycles. The monoisotopic (exact) mass is 857 g/mol. The highest BCUT2D eigenvalue weighted by Crippen LogP contribution is 2.37. The van der Waals surface area contributed by atoms with E-state index in [4.69, 9.17) is 23.7 Å². The number of methoxy groups -OCH3 is 1. The molecule has 0 bridgehead atoms. The Labute approximate surface area is 321 Å². The van der Waals surface area contributed by atoms with Gasteiger partial charge in [0, 0.05) is 12.1 Å². The molecule has 4 aromatic rings. The second-order valence-electron chi connectivity index (χ2n) is 11.3. The van der Waals surface area contributed by atoms with Crippen molar-refractivity contribution in [1.82, 2.24) is 4.57 Å². The van der Waals surface area contributed by atoms with Gasteiger partial charge >= 0.3 is 11.9 Å². The van der Waals surface area contributed by atoms with E-state index in [0.29, 0.717) is 59.1 Å². The Morgan fingerprint density at radius 2 is 1.74 bits per heavy atom. The van der Waals surface area contributed by atoms with Gasteiger partial charge in [0.1, 0.15) is 6.61 Å². The van der Waals surface area contributed by atoms with Gasteiger partial charge in [-0.15, -0.1) is 0 Å². The van der Waals surface area contributed by atoms with Crippen LogP contribution < -0.4 is 33.8 Å². The Hall–Kier alpha value is -5.23. The maximum atomic E-state index is 14.3. The van der Waals surface area contributed by atoms with Gasteiger partial charge < -0.3 is 28.4 Å². The van der Waals surface area contributed by atoms with E-state index >= 15 is 0 Å². The number of hydrogen-bond acceptors (Lipinski definition) is 13. The Morgan fingerprint density at radius 1 is 0.981 bits per heavy atom. The summed E-state index contributed by atoms with van der Waals surface area (Å²) < 4.78 is 36.1. The molecule has 1 aliphatic rings. The Morgan fingerprint density at radius 3 is 2.43 bits per heavy atom. The van der Waals surface area contributed by atoms with Gasteiger partial charge in [0.25, 0.3) is 11.2 Å². The van der Waals surface area contributed by atoms with E-state index in [1.807, 2.05) is 13.0 Å². The predicted molar refractivity (Wildman–Crippen MR) is 203 cm³/mol. The van der Waals surface area contributed by atoms with Gasteiger partial charge in [-0.1, -0.05) is 29.5 Å². The summed E-state index contributed by atoms with van der Waals surface area (Å²) in [6.07, 6.45) is 1.72. The highest BCUT2D eigenvalue weighted by Gasteiger charge is 2.34. The molecular weight excluding hydrogens is 821 g/mol. The third-order valence-corrected chi connectivity index (χ3v) is 9.59. The number of carbonyl (C=O) groups excluding carboxylic acids is 2. The molecule has 0 amide bonds. The first-order valence-corrected chi connectivity index (χ1v) is 18.4. The lowest BCUT2D eigenvalue weighted by atomic mass is 9.95. The smallest absolute Gasteiger partial charge is 0.343 e. The number of thiazole rings is 1. The van der Waals surface area contributed by atoms with Gasteiger partial charge in [-0.05, 0) is 97.3 Å². The van der Waals surface area contributed by atoms with Gasteiger partial charge in [0.15, 0.2) is 34.4 Å². The van der Waals surface area contributed by atoms with Crippen molar-refractivity contribution >= 4 is 57.6 Å². The van der Waals surface area contributed by atoms with Crippen molar-refractivity contribution in [3.8, 4) is 23.0 Å². The fraction of sp³-hybridized carbons (Fsp3) is 0.297. The van der Waals surface area contributed by atoms with Crippen LogP contribution in [0, 0.1) is 13.7 Å². The van der Waals surface area contributed by atoms with E-state index in [0.717, 1.165) is 11.3 Å². The third-order valence-electron chi connectivity index (χ3n) is 7.81. The van der Waals surface area contributed by atoms with E-state index in [9.17, 15) is 24.5 Å². The fourth-order valence-corrected chi connectivity index (χ4v) is 7.35. The quantitative estimate of drug-likeness (QED) is 0.0664. The van der Waals surface area contributed by atoms with Crippen LogP contribution in [0.1, 0.15) is 50.4 Å². The number of allylic oxidation sites excluding steroid dienone is 1. The Kier molecular flexibility index (Phi) is 12.9. The molecule has 1 aliphatic heterocycles. The summed E-state index contributed by atoms with van der Waals surface area (Å²) in [5.74, 6) is 0.284. The van der Waals surface area contributed by atoms with Crippen LogP contribution in [0.2, 0.25) is 0 Å². The van der Waals surface area contributed by atoms with Crippen LogP contribution in [-0.2, 0) is 25.7 Å². The molecule has 16 heteroatoms. The molecule has 0 unspecified atom stereocenters. The van der Waals surface area contributed by atoms with E-state index in [1.165, 1.54) is 23.8 Å². The summed E-state index contributed by atoms with van der Waals surface area (Å²) in [6, 6.07) is 13.8. The number of rotatable bonds is 15. The number of benzene rings is 3. The van der Waals surface area contributed by atoms with Crippen molar-refractivity contribution in [3.05, 3.63) is 116 Å². The minimum atomic E-state index is -0.926. The molecule has 278 valence electrons. The van der Waals surface area contributed by atoms with Gasteiger partial charge in [-0.25, -0.2) is 14.6 Å². The number of esters is 2. The normalized spacial score (nSPS) is 13.8. The first-order valence-electron chi connectivity index (χ1n) is 16.5. The largest absolute Gasteiger partial charge is 0.490 e.